The Bertz CT molecular complexity index is 561. The molecule has 0 spiro atoms. The zero-order chi connectivity index (χ0) is 15.2. The zero-order valence-electron chi connectivity index (χ0n) is 13.2. The van der Waals surface area contributed by atoms with Crippen LogP contribution in [0.1, 0.15) is 37.9 Å². The van der Waals surface area contributed by atoms with Crippen molar-refractivity contribution in [2.75, 3.05) is 5.75 Å². The summed E-state index contributed by atoms with van der Waals surface area (Å²) in [5, 5.41) is 6.01. The van der Waals surface area contributed by atoms with Gasteiger partial charge >= 0.3 is 0 Å². The van der Waals surface area contributed by atoms with Crippen molar-refractivity contribution < 1.29 is 0 Å². The topological polar surface area (TPSA) is 43.8 Å². The van der Waals surface area contributed by atoms with Crippen LogP contribution in [0.25, 0.3) is 5.69 Å². The van der Waals surface area contributed by atoms with Crippen LogP contribution >= 0.6 is 11.8 Å². The summed E-state index contributed by atoms with van der Waals surface area (Å²) in [7, 11) is 0. The van der Waals surface area contributed by atoms with Gasteiger partial charge in [-0.15, -0.1) is 11.8 Å². The van der Waals surface area contributed by atoms with Crippen LogP contribution in [0.2, 0.25) is 0 Å². The Balaban J connectivity index is 2.39. The highest BCUT2D eigenvalue weighted by Gasteiger charge is 2.17. The van der Waals surface area contributed by atoms with Gasteiger partial charge < -0.3 is 5.73 Å². The summed E-state index contributed by atoms with van der Waals surface area (Å²) < 4.78 is 2.08. The molecule has 1 aromatic carbocycles. The molecule has 0 amide bonds. The number of para-hydroxylation sites is 1. The molecule has 114 valence electrons. The van der Waals surface area contributed by atoms with Crippen LogP contribution < -0.4 is 5.73 Å². The van der Waals surface area contributed by atoms with Crippen molar-refractivity contribution in [1.82, 2.24) is 9.78 Å². The Morgan fingerprint density at radius 3 is 2.62 bits per heavy atom. The van der Waals surface area contributed by atoms with Crippen molar-refractivity contribution in [1.29, 1.82) is 0 Å². The summed E-state index contributed by atoms with van der Waals surface area (Å²) in [5.41, 5.74) is 9.53. The lowest BCUT2D eigenvalue weighted by Gasteiger charge is -2.10. The molecule has 0 saturated carbocycles. The number of nitrogens with two attached hydrogens (primary N) is 1. The molecule has 2 aromatic rings. The van der Waals surface area contributed by atoms with E-state index in [-0.39, 0.29) is 6.04 Å². The summed E-state index contributed by atoms with van der Waals surface area (Å²) in [4.78, 5) is 0. The summed E-state index contributed by atoms with van der Waals surface area (Å²) in [6.45, 7) is 6.37. The second kappa shape index (κ2) is 7.66. The van der Waals surface area contributed by atoms with Crippen molar-refractivity contribution >= 4 is 11.8 Å². The first kappa shape index (κ1) is 16.1. The van der Waals surface area contributed by atoms with Crippen LogP contribution in [0, 0.1) is 6.92 Å². The first-order valence-corrected chi connectivity index (χ1v) is 8.64. The molecule has 21 heavy (non-hydrogen) atoms. The van der Waals surface area contributed by atoms with Gasteiger partial charge in [-0.1, -0.05) is 31.5 Å². The maximum absolute atomic E-state index is 6.02. The zero-order valence-corrected chi connectivity index (χ0v) is 14.0. The smallest absolute Gasteiger partial charge is 0.103 e. The van der Waals surface area contributed by atoms with E-state index in [1.807, 2.05) is 17.8 Å². The molecular weight excluding hydrogens is 278 g/mol. The van der Waals surface area contributed by atoms with Crippen LogP contribution in [-0.4, -0.2) is 21.6 Å². The van der Waals surface area contributed by atoms with Crippen LogP contribution in [0.15, 0.2) is 35.4 Å². The monoisotopic (exact) mass is 303 g/mol. The summed E-state index contributed by atoms with van der Waals surface area (Å²) >= 11 is 1.90. The summed E-state index contributed by atoms with van der Waals surface area (Å²) in [5.74, 6) is 1.13. The minimum Gasteiger partial charge on any atom is -0.328 e. The molecule has 0 radical (unpaired) electrons. The van der Waals surface area contributed by atoms with Gasteiger partial charge in [0.2, 0.25) is 0 Å². The highest BCUT2D eigenvalue weighted by molar-refractivity contribution is 7.99. The van der Waals surface area contributed by atoms with Crippen molar-refractivity contribution in [2.24, 2.45) is 5.73 Å². The fraction of sp³-hybridized carbons (Fsp3) is 0.471. The maximum atomic E-state index is 6.02. The SMILES string of the molecule is CCCCSc1c(CC(C)N)c(C)nn1-c1ccccc1. The molecule has 1 aromatic heterocycles. The molecule has 4 heteroatoms. The number of aryl methyl sites for hydroxylation is 1. The second-order valence-electron chi connectivity index (χ2n) is 5.50. The number of unbranched alkanes of at least 4 members (excludes halogenated alkanes) is 1. The van der Waals surface area contributed by atoms with Gasteiger partial charge in [-0.25, -0.2) is 4.68 Å². The van der Waals surface area contributed by atoms with E-state index in [2.05, 4.69) is 49.7 Å². The third kappa shape index (κ3) is 4.11. The van der Waals surface area contributed by atoms with E-state index in [4.69, 9.17) is 10.8 Å². The molecule has 0 bridgehead atoms. The third-order valence-electron chi connectivity index (χ3n) is 3.40. The van der Waals surface area contributed by atoms with E-state index >= 15 is 0 Å². The minimum absolute atomic E-state index is 0.155. The van der Waals surface area contributed by atoms with Crippen molar-refractivity contribution in [3.8, 4) is 5.69 Å². The highest BCUT2D eigenvalue weighted by atomic mass is 32.2. The van der Waals surface area contributed by atoms with Crippen LogP contribution in [0.3, 0.4) is 0 Å². The lowest BCUT2D eigenvalue weighted by atomic mass is 10.1. The normalized spacial score (nSPS) is 12.6. The lowest BCUT2D eigenvalue weighted by Crippen LogP contribution is -2.18. The first-order chi connectivity index (χ1) is 10.1. The quantitative estimate of drug-likeness (QED) is 0.622. The molecule has 0 fully saturated rings. The van der Waals surface area contributed by atoms with E-state index in [1.54, 1.807) is 0 Å². The number of thioether (sulfide) groups is 1. The average Bonchev–Trinajstić information content (AvgIpc) is 2.77. The maximum Gasteiger partial charge on any atom is 0.103 e. The van der Waals surface area contributed by atoms with Crippen molar-refractivity contribution in [3.05, 3.63) is 41.6 Å². The molecule has 0 aliphatic carbocycles. The van der Waals surface area contributed by atoms with Crippen LogP contribution in [0.5, 0.6) is 0 Å². The van der Waals surface area contributed by atoms with E-state index in [1.165, 1.54) is 23.4 Å². The molecule has 3 nitrogen and oxygen atoms in total. The number of hydrogen-bond acceptors (Lipinski definition) is 3. The van der Waals surface area contributed by atoms with Gasteiger partial charge in [-0.2, -0.15) is 5.10 Å². The number of benzene rings is 1. The van der Waals surface area contributed by atoms with Gasteiger partial charge in [0.05, 0.1) is 11.4 Å². The average molecular weight is 303 g/mol. The first-order valence-electron chi connectivity index (χ1n) is 7.65. The fourth-order valence-corrected chi connectivity index (χ4v) is 3.60. The standard InChI is InChI=1S/C17H25N3S/c1-4-5-11-21-17-16(12-13(2)18)14(3)19-20(17)15-9-7-6-8-10-15/h6-10,13H,4-5,11-12,18H2,1-3H3. The van der Waals surface area contributed by atoms with Crippen LogP contribution in [0.4, 0.5) is 0 Å². The van der Waals surface area contributed by atoms with E-state index in [0.717, 1.165) is 23.6 Å². The lowest BCUT2D eigenvalue weighted by molar-refractivity contribution is 0.718. The van der Waals surface area contributed by atoms with Gasteiger partial charge in [0.25, 0.3) is 0 Å². The Morgan fingerprint density at radius 2 is 2.00 bits per heavy atom. The molecule has 2 rings (SSSR count). The molecule has 0 aliphatic rings. The third-order valence-corrected chi connectivity index (χ3v) is 4.59. The number of hydrogen-bond donors (Lipinski definition) is 1. The molecule has 0 saturated heterocycles. The molecule has 1 unspecified atom stereocenters. The molecular formula is C17H25N3S. The van der Waals surface area contributed by atoms with Crippen molar-refractivity contribution in [3.63, 3.8) is 0 Å². The van der Waals surface area contributed by atoms with E-state index < -0.39 is 0 Å². The number of rotatable bonds is 7. The van der Waals surface area contributed by atoms with Gasteiger partial charge in [-0.3, -0.25) is 0 Å². The summed E-state index contributed by atoms with van der Waals surface area (Å²) in [6, 6.07) is 10.5. The Kier molecular flexibility index (Phi) is 5.88. The minimum atomic E-state index is 0.155. The van der Waals surface area contributed by atoms with E-state index in [9.17, 15) is 0 Å². The predicted octanol–water partition coefficient (Wildman–Crippen LogP) is 3.96. The predicted molar refractivity (Wildman–Crippen MR) is 91.3 cm³/mol. The Hall–Kier alpha value is -1.26. The van der Waals surface area contributed by atoms with Gasteiger partial charge in [0.1, 0.15) is 5.03 Å². The van der Waals surface area contributed by atoms with E-state index in [0.29, 0.717) is 0 Å². The fourth-order valence-electron chi connectivity index (χ4n) is 2.30. The Labute approximate surface area is 131 Å². The molecule has 1 atom stereocenters. The van der Waals surface area contributed by atoms with Gasteiger partial charge in [-0.05, 0) is 44.6 Å². The van der Waals surface area contributed by atoms with Crippen LogP contribution in [-0.2, 0) is 6.42 Å². The van der Waals surface area contributed by atoms with Crippen molar-refractivity contribution in [2.45, 2.75) is 51.1 Å². The largest absolute Gasteiger partial charge is 0.328 e. The summed E-state index contributed by atoms with van der Waals surface area (Å²) in [6.07, 6.45) is 3.32. The van der Waals surface area contributed by atoms with Gasteiger partial charge in [0.15, 0.2) is 0 Å². The molecule has 2 N–H and O–H groups in total. The highest BCUT2D eigenvalue weighted by Crippen LogP contribution is 2.29. The number of nitrogens with zero attached hydrogens (tertiary/aromatic N) is 2. The molecule has 0 aliphatic heterocycles. The second-order valence-corrected chi connectivity index (χ2v) is 6.58. The molecule has 1 heterocycles. The van der Waals surface area contributed by atoms with Gasteiger partial charge in [0, 0.05) is 11.6 Å². The number of aromatic nitrogens is 2. The Morgan fingerprint density at radius 1 is 1.29 bits per heavy atom.